The molecule has 3 aromatic rings. The third-order valence-electron chi connectivity index (χ3n) is 14.0. The molecule has 3 saturated heterocycles. The molecule has 0 radical (unpaired) electrons. The Morgan fingerprint density at radius 3 is 1.53 bits per heavy atom. The molecule has 4 atom stereocenters. The van der Waals surface area contributed by atoms with E-state index in [9.17, 15) is 0 Å². The van der Waals surface area contributed by atoms with Gasteiger partial charge in [-0.3, -0.25) is 9.80 Å². The monoisotopic (exact) mass is 779 g/mol. The molecule has 7 nitrogen and oxygen atoms in total. The number of aromatic nitrogens is 4. The largest absolute Gasteiger partial charge is 3.00 e. The second kappa shape index (κ2) is 17.2. The maximum Gasteiger partial charge on any atom is 3.00 e. The first-order valence-electron chi connectivity index (χ1n) is 22.0. The summed E-state index contributed by atoms with van der Waals surface area (Å²) in [7, 11) is 0. The minimum atomic E-state index is 0. The molecule has 1 saturated carbocycles. The number of hydrogen-bond donors (Lipinski definition) is 1. The Hall–Kier alpha value is -3.00. The third kappa shape index (κ3) is 7.47. The molecule has 55 heavy (non-hydrogen) atoms. The summed E-state index contributed by atoms with van der Waals surface area (Å²) in [6.45, 7) is 13.7. The summed E-state index contributed by atoms with van der Waals surface area (Å²) in [4.78, 5) is 29.7. The van der Waals surface area contributed by atoms with Gasteiger partial charge in [0.1, 0.15) is 6.04 Å². The molecule has 1 aliphatic carbocycles. The molecule has 4 unspecified atom stereocenters. The molecular formula is C47H62MnN7+2. The molecule has 9 rings (SSSR count). The summed E-state index contributed by atoms with van der Waals surface area (Å²) in [5.41, 5.74) is 14.2. The maximum atomic E-state index is 5.68. The normalized spacial score (nSPS) is 25.3. The van der Waals surface area contributed by atoms with Crippen LogP contribution >= 0.6 is 0 Å². The van der Waals surface area contributed by atoms with Gasteiger partial charge in [0.15, 0.2) is 0 Å². The zero-order valence-corrected chi connectivity index (χ0v) is 34.8. The van der Waals surface area contributed by atoms with Crippen molar-refractivity contribution >= 4 is 46.4 Å². The molecule has 5 aliphatic heterocycles. The van der Waals surface area contributed by atoms with Crippen LogP contribution in [0.2, 0.25) is 0 Å². The second-order valence-corrected chi connectivity index (χ2v) is 16.9. The van der Waals surface area contributed by atoms with Gasteiger partial charge >= 0.3 is 17.1 Å². The van der Waals surface area contributed by atoms with Crippen molar-refractivity contribution in [2.75, 3.05) is 39.3 Å². The average Bonchev–Trinajstić information content (AvgIpc) is 4.07. The number of likely N-dealkylation sites (tertiary alicyclic amines) is 3. The van der Waals surface area contributed by atoms with Crippen molar-refractivity contribution in [3.63, 3.8) is 0 Å². The van der Waals surface area contributed by atoms with Gasteiger partial charge in [0.05, 0.1) is 35.9 Å². The standard InChI is InChI=1S/C47H61N7.Mn/c1-4-52-29-13-10-18-41(52)45-35-23-21-33(48-35)44(32-16-8-7-9-17-32)34-22-24-36(49-34)46(42-19-11-14-30-53(42)5-2)38-26-28-40(51-38)47(39-27-25-37(45)50-39)43-20-12-15-31-54(43)6-3;/h21-28,32,41-43H,4-20,29-31H2,1-3H3;/q-2;+3/p+1. The van der Waals surface area contributed by atoms with Gasteiger partial charge in [-0.25, -0.2) is 9.97 Å². The van der Waals surface area contributed by atoms with Crippen LogP contribution in [0.1, 0.15) is 180 Å². The van der Waals surface area contributed by atoms with E-state index in [0.717, 1.165) is 90.4 Å². The van der Waals surface area contributed by atoms with Crippen molar-refractivity contribution in [1.29, 1.82) is 0 Å². The van der Waals surface area contributed by atoms with E-state index in [4.69, 9.17) is 19.9 Å². The van der Waals surface area contributed by atoms with Crippen LogP contribution in [-0.4, -0.2) is 59.0 Å². The van der Waals surface area contributed by atoms with Gasteiger partial charge in [0.2, 0.25) is 0 Å². The first-order chi connectivity index (χ1) is 26.6. The fourth-order valence-electron chi connectivity index (χ4n) is 11.3. The molecule has 6 aliphatic rings. The van der Waals surface area contributed by atoms with Gasteiger partial charge in [-0.2, -0.15) is 0 Å². The van der Waals surface area contributed by atoms with Crippen molar-refractivity contribution in [3.8, 4) is 0 Å². The summed E-state index contributed by atoms with van der Waals surface area (Å²) in [6, 6.07) is 10.3. The number of hydrogen-bond acceptors (Lipinski definition) is 4. The minimum absolute atomic E-state index is 0. The first-order valence-corrected chi connectivity index (χ1v) is 22.0. The second-order valence-electron chi connectivity index (χ2n) is 16.9. The van der Waals surface area contributed by atoms with Gasteiger partial charge in [0.25, 0.3) is 0 Å². The van der Waals surface area contributed by atoms with Crippen LogP contribution in [0, 0.1) is 0 Å². The van der Waals surface area contributed by atoms with Crippen molar-refractivity contribution in [2.45, 2.75) is 135 Å². The molecule has 3 aromatic heterocycles. The number of fused-ring (bicyclic) bond motifs is 8. The Kier molecular flexibility index (Phi) is 12.2. The molecule has 290 valence electrons. The van der Waals surface area contributed by atoms with Crippen molar-refractivity contribution in [2.24, 2.45) is 0 Å². The molecular weight excluding hydrogens is 718 g/mol. The van der Waals surface area contributed by atoms with E-state index in [1.165, 1.54) is 106 Å². The van der Waals surface area contributed by atoms with Crippen LogP contribution in [0.25, 0.3) is 46.4 Å². The molecule has 0 amide bonds. The topological polar surface area (TPSA) is 64.9 Å². The van der Waals surface area contributed by atoms with E-state index in [-0.39, 0.29) is 17.1 Å². The zero-order chi connectivity index (χ0) is 36.6. The van der Waals surface area contributed by atoms with E-state index in [1.54, 1.807) is 4.90 Å². The molecule has 8 heteroatoms. The van der Waals surface area contributed by atoms with E-state index in [0.29, 0.717) is 24.0 Å². The van der Waals surface area contributed by atoms with Crippen LogP contribution < -0.4 is 14.9 Å². The van der Waals surface area contributed by atoms with E-state index in [2.05, 4.69) is 79.1 Å². The number of piperidine rings is 3. The Labute approximate surface area is 340 Å². The minimum Gasteiger partial charge on any atom is -0.657 e. The quantitative estimate of drug-likeness (QED) is 0.166. The molecule has 1 N–H and O–H groups in total. The predicted octanol–water partition coefficient (Wildman–Crippen LogP) is 9.18. The Morgan fingerprint density at radius 1 is 0.545 bits per heavy atom. The van der Waals surface area contributed by atoms with E-state index < -0.39 is 0 Å². The fourth-order valence-corrected chi connectivity index (χ4v) is 11.3. The summed E-state index contributed by atoms with van der Waals surface area (Å²) in [5.74, 6) is 0.478. The van der Waals surface area contributed by atoms with Crippen molar-refractivity contribution in [1.82, 2.24) is 29.7 Å². The van der Waals surface area contributed by atoms with Crippen LogP contribution in [0.4, 0.5) is 0 Å². The number of rotatable bonds is 7. The van der Waals surface area contributed by atoms with Crippen molar-refractivity contribution < 1.29 is 22.0 Å². The van der Waals surface area contributed by atoms with Gasteiger partial charge in [-0.1, -0.05) is 70.2 Å². The SMILES string of the molecule is CCN1CCCCC1c1c2nc(c(C3CCCCN3CC)c3ccc([n-]3)c(C3CCCC[NH+]3CC)c3nc(c(C4CCCCC4)c4ccc1[n-]4)C=C3)C=C2.[Mn+3]. The summed E-state index contributed by atoms with van der Waals surface area (Å²) in [5, 5.41) is 0. The zero-order valence-electron chi connectivity index (χ0n) is 33.6. The van der Waals surface area contributed by atoms with E-state index >= 15 is 0 Å². The number of nitrogens with one attached hydrogen (secondary N) is 1. The van der Waals surface area contributed by atoms with Crippen LogP contribution in [0.5, 0.6) is 0 Å². The number of quaternary nitrogens is 1. The summed E-state index contributed by atoms with van der Waals surface area (Å²) in [6.07, 6.45) is 26.7. The van der Waals surface area contributed by atoms with E-state index in [1.807, 2.05) is 0 Å². The molecule has 0 spiro atoms. The first kappa shape index (κ1) is 38.9. The van der Waals surface area contributed by atoms with Crippen LogP contribution in [0.3, 0.4) is 0 Å². The van der Waals surface area contributed by atoms with Gasteiger partial charge < -0.3 is 14.9 Å². The fraction of sp³-hybridized carbons (Fsp3) is 0.574. The molecule has 4 fully saturated rings. The van der Waals surface area contributed by atoms with Gasteiger partial charge in [-0.15, -0.1) is 22.1 Å². The predicted molar refractivity (Wildman–Crippen MR) is 223 cm³/mol. The summed E-state index contributed by atoms with van der Waals surface area (Å²) < 4.78 is 0. The smallest absolute Gasteiger partial charge is 0.657 e. The van der Waals surface area contributed by atoms with Crippen molar-refractivity contribution in [3.05, 3.63) is 69.3 Å². The molecule has 8 bridgehead atoms. The third-order valence-corrected chi connectivity index (χ3v) is 14.0. The summed E-state index contributed by atoms with van der Waals surface area (Å²) >= 11 is 0. The maximum absolute atomic E-state index is 5.68. The van der Waals surface area contributed by atoms with Gasteiger partial charge in [-0.05, 0) is 131 Å². The Morgan fingerprint density at radius 2 is 1.00 bits per heavy atom. The number of nitrogens with zero attached hydrogens (tertiary/aromatic N) is 6. The molecule has 0 aromatic carbocycles. The Balaban J connectivity index is 0.00000427. The van der Waals surface area contributed by atoms with Crippen LogP contribution in [0.15, 0.2) is 24.3 Å². The molecule has 8 heterocycles. The average molecular weight is 780 g/mol. The van der Waals surface area contributed by atoms with Gasteiger partial charge in [0, 0.05) is 24.1 Å². The Bertz CT molecular complexity index is 2030. The van der Waals surface area contributed by atoms with Crippen LogP contribution in [-0.2, 0) is 17.1 Å².